The van der Waals surface area contributed by atoms with Crippen LogP contribution in [0.1, 0.15) is 181 Å². The molecule has 20 heteroatoms. The fourth-order valence-electron chi connectivity index (χ4n) is 7.28. The lowest BCUT2D eigenvalue weighted by atomic mass is 9.85. The molecule has 0 aromatic heterocycles. The van der Waals surface area contributed by atoms with E-state index in [1.807, 2.05) is 12.2 Å². The highest BCUT2D eigenvalue weighted by Gasteiger charge is 2.54. The van der Waals surface area contributed by atoms with E-state index in [0.29, 0.717) is 38.5 Å². The summed E-state index contributed by atoms with van der Waals surface area (Å²) >= 11 is 0. The number of ether oxygens (including phenoxy) is 2. The zero-order valence-corrected chi connectivity index (χ0v) is 40.7. The Hall–Kier alpha value is -1.60. The zero-order valence-electron chi connectivity index (χ0n) is 38.9. The van der Waals surface area contributed by atoms with E-state index in [2.05, 4.69) is 30.5 Å². The lowest BCUT2D eigenvalue weighted by Gasteiger charge is -2.43. The van der Waals surface area contributed by atoms with Crippen molar-refractivity contribution in [3.63, 3.8) is 0 Å². The van der Waals surface area contributed by atoms with Gasteiger partial charge in [0.25, 0.3) is 0 Å². The number of phosphoric acid groups is 2. The Morgan fingerprint density at radius 3 is 1.57 bits per heavy atom. The van der Waals surface area contributed by atoms with Gasteiger partial charge < -0.3 is 54.8 Å². The molecule has 18 nitrogen and oxygen atoms in total. The Bertz CT molecular complexity index is 1390. The summed E-state index contributed by atoms with van der Waals surface area (Å²) in [6.07, 6.45) is 14.3. The van der Waals surface area contributed by atoms with E-state index in [4.69, 9.17) is 28.3 Å². The number of carbonyl (C=O) groups excluding carboxylic acids is 2. The molecule has 0 heterocycles. The lowest BCUT2D eigenvalue weighted by Crippen LogP contribution is -2.64. The molecule has 0 aromatic carbocycles. The molecule has 1 fully saturated rings. The van der Waals surface area contributed by atoms with Crippen LogP contribution in [0.5, 0.6) is 0 Å². The number of hydrogen-bond acceptors (Lipinski definition) is 15. The number of carbonyl (C=O) groups is 2. The molecule has 0 saturated heterocycles. The number of hydrogen-bond donors (Lipinski definition) is 9. The van der Waals surface area contributed by atoms with Crippen molar-refractivity contribution in [1.29, 1.82) is 0 Å². The monoisotopic (exact) mass is 975 g/mol. The van der Waals surface area contributed by atoms with Crippen molar-refractivity contribution in [3.05, 3.63) is 24.3 Å². The molecule has 0 amide bonds. The highest BCUT2D eigenvalue weighted by molar-refractivity contribution is 7.47. The largest absolute Gasteiger partial charge is 0.472 e. The van der Waals surface area contributed by atoms with Gasteiger partial charge in [-0.1, -0.05) is 128 Å². The van der Waals surface area contributed by atoms with Crippen molar-refractivity contribution < 1.29 is 87.1 Å². The van der Waals surface area contributed by atoms with Gasteiger partial charge in [-0.25, -0.2) is 9.13 Å². The van der Waals surface area contributed by atoms with Crippen molar-refractivity contribution in [2.24, 2.45) is 0 Å². The molecule has 0 radical (unpaired) electrons. The first kappa shape index (κ1) is 61.4. The van der Waals surface area contributed by atoms with Gasteiger partial charge in [0.2, 0.25) is 0 Å². The number of phosphoric ester groups is 2. The molecule has 1 aliphatic rings. The fourth-order valence-corrected chi connectivity index (χ4v) is 8.82. The average molecular weight is 975 g/mol. The normalized spacial score (nSPS) is 22.8. The molecule has 65 heavy (non-hydrogen) atoms. The van der Waals surface area contributed by atoms with Crippen LogP contribution >= 0.6 is 15.6 Å². The second kappa shape index (κ2) is 36.4. The molecule has 9 N–H and O–H groups in total. The van der Waals surface area contributed by atoms with Crippen LogP contribution in [-0.2, 0) is 41.8 Å². The summed E-state index contributed by atoms with van der Waals surface area (Å²) in [6.45, 7) is 2.91. The van der Waals surface area contributed by atoms with Gasteiger partial charge in [0.15, 0.2) is 6.10 Å². The Morgan fingerprint density at radius 2 is 1.00 bits per heavy atom. The summed E-state index contributed by atoms with van der Waals surface area (Å²) in [4.78, 5) is 54.3. The topological polar surface area (TPSA) is 296 Å². The molecular formula is C45H84O18P2. The number of unbranched alkanes of at least 4 members (excludes halogenated alkanes) is 18. The van der Waals surface area contributed by atoms with E-state index >= 15 is 0 Å². The third-order valence-corrected chi connectivity index (χ3v) is 12.7. The molecule has 382 valence electrons. The van der Waals surface area contributed by atoms with E-state index < -0.39 is 95.7 Å². The summed E-state index contributed by atoms with van der Waals surface area (Å²) in [5, 5.41) is 61.8. The minimum absolute atomic E-state index is 0.0544. The smallest absolute Gasteiger partial charge is 0.462 e. The number of rotatable bonds is 40. The van der Waals surface area contributed by atoms with Crippen LogP contribution in [0, 0.1) is 0 Å². The third-order valence-electron chi connectivity index (χ3n) is 11.2. The van der Waals surface area contributed by atoms with E-state index in [-0.39, 0.29) is 12.8 Å². The Morgan fingerprint density at radius 1 is 0.538 bits per heavy atom. The van der Waals surface area contributed by atoms with E-state index in [1.165, 1.54) is 25.7 Å². The lowest BCUT2D eigenvalue weighted by molar-refractivity contribution is -0.216. The maximum Gasteiger partial charge on any atom is 0.472 e. The molecule has 1 aliphatic carbocycles. The number of allylic oxidation sites excluding steroid dienone is 3. The van der Waals surface area contributed by atoms with Crippen LogP contribution in [0.15, 0.2) is 24.3 Å². The minimum Gasteiger partial charge on any atom is -0.462 e. The first-order chi connectivity index (χ1) is 30.9. The highest BCUT2D eigenvalue weighted by atomic mass is 31.2. The van der Waals surface area contributed by atoms with Crippen molar-refractivity contribution in [2.75, 3.05) is 13.2 Å². The molecule has 0 aliphatic heterocycles. The maximum atomic E-state index is 13.0. The molecule has 0 bridgehead atoms. The molecular weight excluding hydrogens is 890 g/mol. The molecule has 1 rings (SSSR count). The second-order valence-corrected chi connectivity index (χ2v) is 19.7. The van der Waals surface area contributed by atoms with Crippen LogP contribution < -0.4 is 0 Å². The summed E-state index contributed by atoms with van der Waals surface area (Å²) in [7, 11) is -10.7. The SMILES string of the molecule is CCCCC/C=C\C[C@H](O)[C@@H](O)CCCCCCCC(=O)O[C@H](COC(=O)CCCCCCCCC/C=C\CCCCCC)COP(=O)(O)O[C@H]1C(O)C(O)C(O)[C@@H](OP(=O)(O)O)C1O. The predicted octanol–water partition coefficient (Wildman–Crippen LogP) is 6.90. The van der Waals surface area contributed by atoms with Crippen molar-refractivity contribution in [1.82, 2.24) is 0 Å². The summed E-state index contributed by atoms with van der Waals surface area (Å²) in [5.41, 5.74) is 0. The van der Waals surface area contributed by atoms with Crippen molar-refractivity contribution in [2.45, 2.75) is 236 Å². The van der Waals surface area contributed by atoms with Gasteiger partial charge in [-0.2, -0.15) is 0 Å². The number of aliphatic hydroxyl groups is 6. The summed E-state index contributed by atoms with van der Waals surface area (Å²) in [5.74, 6) is -1.32. The number of esters is 2. The third kappa shape index (κ3) is 30.5. The summed E-state index contributed by atoms with van der Waals surface area (Å²) in [6, 6.07) is 0. The van der Waals surface area contributed by atoms with Crippen LogP contribution in [0.4, 0.5) is 0 Å². The van der Waals surface area contributed by atoms with E-state index in [1.54, 1.807) is 0 Å². The molecule has 0 aromatic rings. The predicted molar refractivity (Wildman–Crippen MR) is 244 cm³/mol. The second-order valence-electron chi connectivity index (χ2n) is 17.1. The molecule has 0 spiro atoms. The van der Waals surface area contributed by atoms with E-state index in [0.717, 1.165) is 89.9 Å². The van der Waals surface area contributed by atoms with Crippen LogP contribution in [-0.4, -0.2) is 125 Å². The summed E-state index contributed by atoms with van der Waals surface area (Å²) < 4.78 is 49.3. The zero-order chi connectivity index (χ0) is 48.5. The van der Waals surface area contributed by atoms with Gasteiger partial charge in [0.1, 0.15) is 43.2 Å². The van der Waals surface area contributed by atoms with Crippen LogP contribution in [0.25, 0.3) is 0 Å². The Balaban J connectivity index is 2.64. The highest BCUT2D eigenvalue weighted by Crippen LogP contribution is 2.49. The number of aliphatic hydroxyl groups excluding tert-OH is 6. The van der Waals surface area contributed by atoms with Gasteiger partial charge in [-0.3, -0.25) is 23.2 Å². The average Bonchev–Trinajstić information content (AvgIpc) is 3.25. The van der Waals surface area contributed by atoms with Gasteiger partial charge in [-0.05, 0) is 64.2 Å². The van der Waals surface area contributed by atoms with Crippen molar-refractivity contribution in [3.8, 4) is 0 Å². The quantitative estimate of drug-likeness (QED) is 0.0131. The molecule has 5 unspecified atom stereocenters. The van der Waals surface area contributed by atoms with Crippen molar-refractivity contribution >= 4 is 27.6 Å². The van der Waals surface area contributed by atoms with E-state index in [9.17, 15) is 54.3 Å². The van der Waals surface area contributed by atoms with Gasteiger partial charge in [-0.15, -0.1) is 0 Å². The van der Waals surface area contributed by atoms with Gasteiger partial charge in [0, 0.05) is 12.8 Å². The first-order valence-electron chi connectivity index (χ1n) is 24.1. The first-order valence-corrected chi connectivity index (χ1v) is 27.1. The van der Waals surface area contributed by atoms with Crippen LogP contribution in [0.3, 0.4) is 0 Å². The van der Waals surface area contributed by atoms with Gasteiger partial charge in [0.05, 0.1) is 18.8 Å². The maximum absolute atomic E-state index is 13.0. The van der Waals surface area contributed by atoms with Crippen LogP contribution in [0.2, 0.25) is 0 Å². The fraction of sp³-hybridized carbons (Fsp3) is 0.867. The van der Waals surface area contributed by atoms with Gasteiger partial charge >= 0.3 is 27.6 Å². The molecule has 10 atom stereocenters. The standard InChI is InChI=1S/C45H84O18P2/c1-3-5-7-9-11-12-13-14-15-16-17-18-19-23-27-31-38(48)59-33-35(34-60-65(57,58)63-45-42(52)40(50)41(51)44(43(45)53)62-64(54,55)56)61-39(49)32-28-24-20-22-26-30-37(47)36(46)29-25-21-10-8-6-4-2/h12-13,21,25,35-37,40-47,50-53H,3-11,14-20,22-24,26-34H2,1-2H3,(H,57,58)(H2,54,55,56)/b13-12-,25-21-/t35-,36+,37+,40?,41?,42?,43?,44-,45+/m1/s1. The molecule has 1 saturated carbocycles. The Kier molecular flexibility index (Phi) is 34.4. The minimum atomic E-state index is -5.38. The Labute approximate surface area is 387 Å².